The summed E-state index contributed by atoms with van der Waals surface area (Å²) in [5.74, 6) is 0. The van der Waals surface area contributed by atoms with E-state index in [1.54, 1.807) is 7.11 Å². The van der Waals surface area contributed by atoms with Gasteiger partial charge in [-0.1, -0.05) is 0 Å². The summed E-state index contributed by atoms with van der Waals surface area (Å²) in [4.78, 5) is 2.36. The van der Waals surface area contributed by atoms with E-state index in [9.17, 15) is 0 Å². The van der Waals surface area contributed by atoms with Crippen LogP contribution < -0.4 is 5.32 Å². The first-order chi connectivity index (χ1) is 5.72. The van der Waals surface area contributed by atoms with Gasteiger partial charge in [-0.05, 0) is 26.9 Å². The molecule has 0 aromatic heterocycles. The second kappa shape index (κ2) is 4.80. The minimum atomic E-state index is 0.478. The molecule has 2 atom stereocenters. The number of rotatable bonds is 4. The minimum Gasteiger partial charge on any atom is -0.383 e. The van der Waals surface area contributed by atoms with E-state index < -0.39 is 0 Å². The highest BCUT2D eigenvalue weighted by Crippen LogP contribution is 2.06. The van der Waals surface area contributed by atoms with Gasteiger partial charge < -0.3 is 15.0 Å². The smallest absolute Gasteiger partial charge is 0.0613 e. The third-order valence-electron chi connectivity index (χ3n) is 2.33. The number of ether oxygens (including phenoxy) is 1. The van der Waals surface area contributed by atoms with E-state index in [1.807, 2.05) is 0 Å². The monoisotopic (exact) mass is 172 g/mol. The van der Waals surface area contributed by atoms with E-state index in [2.05, 4.69) is 24.2 Å². The van der Waals surface area contributed by atoms with Crippen molar-refractivity contribution in [2.45, 2.75) is 25.4 Å². The normalized spacial score (nSPS) is 27.8. The summed E-state index contributed by atoms with van der Waals surface area (Å²) < 4.78 is 5.06. The van der Waals surface area contributed by atoms with E-state index in [1.165, 1.54) is 19.5 Å². The minimum absolute atomic E-state index is 0.478. The number of hydrogen-bond donors (Lipinski definition) is 1. The maximum atomic E-state index is 5.06. The Hall–Kier alpha value is -0.120. The third-order valence-corrected chi connectivity index (χ3v) is 2.33. The molecular formula is C9H20N2O. The maximum Gasteiger partial charge on any atom is 0.0613 e. The molecule has 0 aliphatic carbocycles. The lowest BCUT2D eigenvalue weighted by atomic mass is 10.2. The van der Waals surface area contributed by atoms with Gasteiger partial charge in [-0.15, -0.1) is 0 Å². The number of hydrogen-bond acceptors (Lipinski definition) is 3. The predicted molar refractivity (Wildman–Crippen MR) is 50.4 cm³/mol. The Balaban J connectivity index is 2.14. The lowest BCUT2D eigenvalue weighted by molar-refractivity contribution is 0.167. The highest BCUT2D eigenvalue weighted by Gasteiger charge is 2.20. The second-order valence-electron chi connectivity index (χ2n) is 3.77. The summed E-state index contributed by atoms with van der Waals surface area (Å²) in [7, 11) is 3.92. The molecule has 1 aliphatic rings. The summed E-state index contributed by atoms with van der Waals surface area (Å²) in [6, 6.07) is 1.15. The van der Waals surface area contributed by atoms with Gasteiger partial charge in [0.1, 0.15) is 0 Å². The van der Waals surface area contributed by atoms with E-state index in [0.717, 1.165) is 6.61 Å². The molecule has 1 fully saturated rings. The number of likely N-dealkylation sites (N-methyl/N-ethyl adjacent to an activating group) is 1. The molecule has 1 aliphatic heterocycles. The highest BCUT2D eigenvalue weighted by molar-refractivity contribution is 4.80. The van der Waals surface area contributed by atoms with Gasteiger partial charge in [0.25, 0.3) is 0 Å². The van der Waals surface area contributed by atoms with Crippen molar-refractivity contribution in [1.29, 1.82) is 0 Å². The van der Waals surface area contributed by atoms with Crippen molar-refractivity contribution in [2.75, 3.05) is 33.9 Å². The van der Waals surface area contributed by atoms with Crippen LogP contribution in [-0.2, 0) is 4.74 Å². The Kier molecular flexibility index (Phi) is 3.98. The molecule has 0 spiro atoms. The van der Waals surface area contributed by atoms with Gasteiger partial charge in [0, 0.05) is 25.7 Å². The van der Waals surface area contributed by atoms with Crippen molar-refractivity contribution < 1.29 is 4.74 Å². The van der Waals surface area contributed by atoms with E-state index in [0.29, 0.717) is 12.1 Å². The fourth-order valence-corrected chi connectivity index (χ4v) is 1.77. The number of nitrogens with zero attached hydrogens (tertiary/aromatic N) is 1. The summed E-state index contributed by atoms with van der Waals surface area (Å²) >= 11 is 0. The standard InChI is InChI=1S/C9H20N2O/c1-8(7-12-3)10-9-4-5-11(2)6-9/h8-10H,4-7H2,1-3H3/t8-,9-/m1/s1. The summed E-state index contributed by atoms with van der Waals surface area (Å²) in [5, 5.41) is 3.54. The van der Waals surface area contributed by atoms with Gasteiger partial charge in [-0.2, -0.15) is 0 Å². The van der Waals surface area contributed by atoms with Crippen molar-refractivity contribution in [2.24, 2.45) is 0 Å². The molecule has 0 amide bonds. The Morgan fingerprint density at radius 2 is 2.42 bits per heavy atom. The molecule has 0 saturated carbocycles. The van der Waals surface area contributed by atoms with E-state index >= 15 is 0 Å². The van der Waals surface area contributed by atoms with Crippen LogP contribution in [-0.4, -0.2) is 50.8 Å². The van der Waals surface area contributed by atoms with Crippen LogP contribution in [0.4, 0.5) is 0 Å². The molecule has 0 bridgehead atoms. The molecule has 3 heteroatoms. The lowest BCUT2D eigenvalue weighted by Crippen LogP contribution is -2.40. The Morgan fingerprint density at radius 3 is 2.92 bits per heavy atom. The molecule has 0 unspecified atom stereocenters. The SMILES string of the molecule is COC[C@@H](C)N[C@@H]1CCN(C)C1. The Bertz CT molecular complexity index is 130. The van der Waals surface area contributed by atoms with Crippen LogP contribution in [0.15, 0.2) is 0 Å². The largest absolute Gasteiger partial charge is 0.383 e. The predicted octanol–water partition coefficient (Wildman–Crippen LogP) is 0.315. The molecular weight excluding hydrogens is 152 g/mol. The van der Waals surface area contributed by atoms with Crippen LogP contribution in [0.3, 0.4) is 0 Å². The van der Waals surface area contributed by atoms with Crippen LogP contribution in [0.1, 0.15) is 13.3 Å². The average Bonchev–Trinajstić information content (AvgIpc) is 2.36. The molecule has 1 heterocycles. The fraction of sp³-hybridized carbons (Fsp3) is 1.00. The van der Waals surface area contributed by atoms with Gasteiger partial charge in [-0.25, -0.2) is 0 Å². The fourth-order valence-electron chi connectivity index (χ4n) is 1.77. The molecule has 72 valence electrons. The molecule has 0 aromatic carbocycles. The molecule has 0 radical (unpaired) electrons. The van der Waals surface area contributed by atoms with Crippen molar-refractivity contribution in [3.05, 3.63) is 0 Å². The molecule has 1 N–H and O–H groups in total. The number of likely N-dealkylation sites (tertiary alicyclic amines) is 1. The van der Waals surface area contributed by atoms with Gasteiger partial charge in [-0.3, -0.25) is 0 Å². The first-order valence-corrected chi connectivity index (χ1v) is 4.66. The van der Waals surface area contributed by atoms with Crippen molar-refractivity contribution in [3.8, 4) is 0 Å². The van der Waals surface area contributed by atoms with E-state index in [-0.39, 0.29) is 0 Å². The summed E-state index contributed by atoms with van der Waals surface area (Å²) in [5.41, 5.74) is 0. The molecule has 12 heavy (non-hydrogen) atoms. The maximum absolute atomic E-state index is 5.06. The van der Waals surface area contributed by atoms with Crippen molar-refractivity contribution in [3.63, 3.8) is 0 Å². The topological polar surface area (TPSA) is 24.5 Å². The van der Waals surface area contributed by atoms with Gasteiger partial charge in [0.05, 0.1) is 6.61 Å². The van der Waals surface area contributed by atoms with Crippen LogP contribution in [0.5, 0.6) is 0 Å². The number of nitrogens with one attached hydrogen (secondary N) is 1. The van der Waals surface area contributed by atoms with Crippen LogP contribution >= 0.6 is 0 Å². The van der Waals surface area contributed by atoms with Crippen LogP contribution in [0.2, 0.25) is 0 Å². The summed E-state index contributed by atoms with van der Waals surface area (Å²) in [6.45, 7) is 5.37. The average molecular weight is 172 g/mol. The summed E-state index contributed by atoms with van der Waals surface area (Å²) in [6.07, 6.45) is 1.27. The second-order valence-corrected chi connectivity index (χ2v) is 3.77. The van der Waals surface area contributed by atoms with Crippen molar-refractivity contribution in [1.82, 2.24) is 10.2 Å². The Labute approximate surface area is 75.1 Å². The molecule has 3 nitrogen and oxygen atoms in total. The zero-order chi connectivity index (χ0) is 8.97. The van der Waals surface area contributed by atoms with Crippen LogP contribution in [0.25, 0.3) is 0 Å². The van der Waals surface area contributed by atoms with Gasteiger partial charge >= 0.3 is 0 Å². The lowest BCUT2D eigenvalue weighted by Gasteiger charge is -2.18. The van der Waals surface area contributed by atoms with Gasteiger partial charge in [0.2, 0.25) is 0 Å². The highest BCUT2D eigenvalue weighted by atomic mass is 16.5. The number of methoxy groups -OCH3 is 1. The molecule has 1 saturated heterocycles. The van der Waals surface area contributed by atoms with Crippen molar-refractivity contribution >= 4 is 0 Å². The zero-order valence-electron chi connectivity index (χ0n) is 8.34. The molecule has 0 aromatic rings. The van der Waals surface area contributed by atoms with Crippen LogP contribution in [0, 0.1) is 0 Å². The Morgan fingerprint density at radius 1 is 1.67 bits per heavy atom. The van der Waals surface area contributed by atoms with Gasteiger partial charge in [0.15, 0.2) is 0 Å². The third kappa shape index (κ3) is 3.09. The van der Waals surface area contributed by atoms with E-state index in [4.69, 9.17) is 4.74 Å². The molecule has 1 rings (SSSR count). The zero-order valence-corrected chi connectivity index (χ0v) is 8.34. The quantitative estimate of drug-likeness (QED) is 0.661. The first kappa shape index (κ1) is 9.96. The first-order valence-electron chi connectivity index (χ1n) is 4.66.